The lowest BCUT2D eigenvalue weighted by Gasteiger charge is -2.17. The van der Waals surface area contributed by atoms with E-state index in [1.807, 2.05) is 51.4 Å². The van der Waals surface area contributed by atoms with Crippen molar-refractivity contribution in [3.8, 4) is 5.75 Å². The van der Waals surface area contributed by atoms with Gasteiger partial charge in [0.15, 0.2) is 5.43 Å². The lowest BCUT2D eigenvalue weighted by atomic mass is 10.1. The Labute approximate surface area is 189 Å². The molecule has 3 N–H and O–H groups in total. The van der Waals surface area contributed by atoms with Crippen molar-refractivity contribution in [3.63, 3.8) is 0 Å². The second-order valence-electron chi connectivity index (χ2n) is 7.14. The monoisotopic (exact) mass is 458 g/mol. The van der Waals surface area contributed by atoms with Crippen LogP contribution in [0.15, 0.2) is 47.3 Å². The predicted octanol–water partition coefficient (Wildman–Crippen LogP) is 3.42. The lowest BCUT2D eigenvalue weighted by Crippen LogP contribution is -2.21. The summed E-state index contributed by atoms with van der Waals surface area (Å²) in [7, 11) is 5.70. The van der Waals surface area contributed by atoms with Gasteiger partial charge >= 0.3 is 11.9 Å². The molecule has 0 aliphatic carbocycles. The Morgan fingerprint density at radius 1 is 1.16 bits per heavy atom. The van der Waals surface area contributed by atoms with Gasteiger partial charge < -0.3 is 25.2 Å². The average Bonchev–Trinajstić information content (AvgIpc) is 2.74. The molecule has 0 atom stereocenters. The highest BCUT2D eigenvalue weighted by Gasteiger charge is 2.16. The molecule has 2 aromatic carbocycles. The molecular formula is C23H26N2O6S. The zero-order valence-electron chi connectivity index (χ0n) is 18.3. The molecule has 0 bridgehead atoms. The summed E-state index contributed by atoms with van der Waals surface area (Å²) < 4.78 is 7.58. The smallest absolute Gasteiger partial charge is 0.328 e. The third-order valence-corrected chi connectivity index (χ3v) is 5.76. The number of likely N-dealkylation sites (N-methyl/N-ethyl adjacent to an activating group) is 1. The number of nitrogens with one attached hydrogen (secondary N) is 1. The number of benzene rings is 2. The molecule has 0 saturated heterocycles. The van der Waals surface area contributed by atoms with Crippen molar-refractivity contribution in [2.75, 3.05) is 39.6 Å². The Morgan fingerprint density at radius 2 is 1.78 bits per heavy atom. The fourth-order valence-electron chi connectivity index (χ4n) is 2.99. The molecule has 0 amide bonds. The fraction of sp³-hybridized carbons (Fsp3) is 0.261. The van der Waals surface area contributed by atoms with Crippen LogP contribution in [0.2, 0.25) is 0 Å². The highest BCUT2D eigenvalue weighted by molar-refractivity contribution is 7.24. The number of carbonyl (C=O) groups is 2. The Morgan fingerprint density at radius 3 is 2.34 bits per heavy atom. The van der Waals surface area contributed by atoms with Crippen molar-refractivity contribution in [1.29, 1.82) is 0 Å². The Kier molecular flexibility index (Phi) is 8.74. The molecule has 32 heavy (non-hydrogen) atoms. The Hall–Kier alpha value is -3.43. The minimum absolute atomic E-state index is 0.0636. The summed E-state index contributed by atoms with van der Waals surface area (Å²) in [5, 5.41) is 20.5. The van der Waals surface area contributed by atoms with E-state index in [0.717, 1.165) is 50.3 Å². The zero-order chi connectivity index (χ0) is 23.8. The minimum Gasteiger partial charge on any atom is -0.495 e. The van der Waals surface area contributed by atoms with Gasteiger partial charge in [0.2, 0.25) is 0 Å². The van der Waals surface area contributed by atoms with Gasteiger partial charge in [-0.1, -0.05) is 12.1 Å². The first-order valence-corrected chi connectivity index (χ1v) is 10.5. The van der Waals surface area contributed by atoms with E-state index in [9.17, 15) is 14.4 Å². The molecule has 8 nitrogen and oxygen atoms in total. The van der Waals surface area contributed by atoms with Crippen LogP contribution in [0.4, 0.5) is 5.69 Å². The molecule has 3 rings (SSSR count). The lowest BCUT2D eigenvalue weighted by molar-refractivity contribution is -0.134. The van der Waals surface area contributed by atoms with E-state index in [-0.39, 0.29) is 5.43 Å². The van der Waals surface area contributed by atoms with Gasteiger partial charge in [-0.05, 0) is 44.8 Å². The third-order valence-electron chi connectivity index (χ3n) is 4.45. The van der Waals surface area contributed by atoms with Crippen molar-refractivity contribution in [1.82, 2.24) is 4.90 Å². The van der Waals surface area contributed by atoms with E-state index in [4.69, 9.17) is 14.9 Å². The highest BCUT2D eigenvalue weighted by atomic mass is 32.1. The topological polar surface area (TPSA) is 116 Å². The number of nitrogens with zero attached hydrogens (tertiary/aromatic N) is 1. The molecule has 1 aromatic heterocycles. The summed E-state index contributed by atoms with van der Waals surface area (Å²) in [5.74, 6) is -1.79. The Balaban J connectivity index is 0.000000390. The normalized spacial score (nSPS) is 10.9. The van der Waals surface area contributed by atoms with Crippen LogP contribution in [-0.4, -0.2) is 61.3 Å². The fourth-order valence-corrected chi connectivity index (χ4v) is 4.14. The van der Waals surface area contributed by atoms with Crippen LogP contribution in [0.25, 0.3) is 20.2 Å². The van der Waals surface area contributed by atoms with Crippen LogP contribution >= 0.6 is 11.3 Å². The first kappa shape index (κ1) is 24.8. The highest BCUT2D eigenvalue weighted by Crippen LogP contribution is 2.37. The van der Waals surface area contributed by atoms with E-state index >= 15 is 0 Å². The van der Waals surface area contributed by atoms with Gasteiger partial charge in [-0.15, -0.1) is 11.3 Å². The molecule has 9 heteroatoms. The predicted molar refractivity (Wildman–Crippen MR) is 128 cm³/mol. The molecule has 0 saturated carbocycles. The van der Waals surface area contributed by atoms with Gasteiger partial charge in [-0.2, -0.15) is 0 Å². The number of anilines is 1. The van der Waals surface area contributed by atoms with Gasteiger partial charge in [0.25, 0.3) is 0 Å². The van der Waals surface area contributed by atoms with E-state index in [0.29, 0.717) is 12.2 Å². The first-order valence-electron chi connectivity index (χ1n) is 9.71. The summed E-state index contributed by atoms with van der Waals surface area (Å²) in [6, 6.07) is 9.79. The SMILES string of the molecule is COc1cc(C)c2sc3ccccc3c(=O)c2c1NCCN(C)C.O=C(O)/C=C/C(=O)O. The molecule has 0 fully saturated rings. The number of carboxylic acids is 2. The zero-order valence-corrected chi connectivity index (χ0v) is 19.2. The van der Waals surface area contributed by atoms with Crippen LogP contribution in [0.3, 0.4) is 0 Å². The van der Waals surface area contributed by atoms with Crippen molar-refractivity contribution in [3.05, 3.63) is 58.3 Å². The van der Waals surface area contributed by atoms with Gasteiger partial charge in [-0.3, -0.25) is 4.79 Å². The number of carboxylic acid groups (broad SMARTS) is 2. The first-order chi connectivity index (χ1) is 15.1. The van der Waals surface area contributed by atoms with Crippen LogP contribution in [0.1, 0.15) is 5.56 Å². The van der Waals surface area contributed by atoms with Crippen LogP contribution in [0.5, 0.6) is 5.75 Å². The van der Waals surface area contributed by atoms with Crippen LogP contribution in [-0.2, 0) is 9.59 Å². The van der Waals surface area contributed by atoms with Gasteiger partial charge in [0, 0.05) is 40.0 Å². The molecule has 0 aliphatic rings. The number of methoxy groups -OCH3 is 1. The van der Waals surface area contributed by atoms with E-state index in [1.54, 1.807) is 18.4 Å². The number of fused-ring (bicyclic) bond motifs is 2. The van der Waals surface area contributed by atoms with E-state index in [2.05, 4.69) is 10.2 Å². The third kappa shape index (κ3) is 6.29. The number of aryl methyl sites for hydroxylation is 1. The van der Waals surface area contributed by atoms with Crippen LogP contribution < -0.4 is 15.5 Å². The molecule has 0 radical (unpaired) electrons. The summed E-state index contributed by atoms with van der Waals surface area (Å²) in [6.07, 6.45) is 1.12. The van der Waals surface area contributed by atoms with Gasteiger partial charge in [0.05, 0.1) is 18.2 Å². The molecule has 0 spiro atoms. The quantitative estimate of drug-likeness (QED) is 0.364. The van der Waals surface area contributed by atoms with E-state index < -0.39 is 11.9 Å². The molecular weight excluding hydrogens is 432 g/mol. The molecule has 170 valence electrons. The van der Waals surface area contributed by atoms with Crippen LogP contribution in [0, 0.1) is 6.92 Å². The van der Waals surface area contributed by atoms with Crippen molar-refractivity contribution >= 4 is 49.1 Å². The minimum atomic E-state index is -1.26. The number of hydrogen-bond acceptors (Lipinski definition) is 7. The second-order valence-corrected chi connectivity index (χ2v) is 8.19. The molecule has 3 aromatic rings. The molecule has 1 heterocycles. The summed E-state index contributed by atoms with van der Waals surface area (Å²) in [5.41, 5.74) is 1.92. The maximum absolute atomic E-state index is 13.1. The molecule has 0 unspecified atom stereocenters. The maximum Gasteiger partial charge on any atom is 0.328 e. The summed E-state index contributed by atoms with van der Waals surface area (Å²) in [4.78, 5) is 34.3. The molecule has 0 aliphatic heterocycles. The maximum atomic E-state index is 13.1. The Bertz CT molecular complexity index is 1200. The number of hydrogen-bond donors (Lipinski definition) is 3. The van der Waals surface area contributed by atoms with Crippen molar-refractivity contribution in [2.24, 2.45) is 0 Å². The van der Waals surface area contributed by atoms with Gasteiger partial charge in [-0.25, -0.2) is 9.59 Å². The second kappa shape index (κ2) is 11.3. The van der Waals surface area contributed by atoms with Crippen molar-refractivity contribution in [2.45, 2.75) is 6.92 Å². The largest absolute Gasteiger partial charge is 0.495 e. The van der Waals surface area contributed by atoms with Crippen molar-refractivity contribution < 1.29 is 24.5 Å². The number of ether oxygens (including phenoxy) is 1. The standard InChI is InChI=1S/C19H22N2O2S.C4H4O4/c1-12-11-14(23-4)17(20-9-10-21(2)3)16-18(22)13-7-5-6-8-15(13)24-19(12)16;5-3(6)1-2-4(7)8/h5-8,11,20H,9-10H2,1-4H3;1-2H,(H,5,6)(H,7,8)/b;2-1+. The van der Waals surface area contributed by atoms with Gasteiger partial charge in [0.1, 0.15) is 5.75 Å². The summed E-state index contributed by atoms with van der Waals surface area (Å²) in [6.45, 7) is 3.65. The average molecular weight is 459 g/mol. The summed E-state index contributed by atoms with van der Waals surface area (Å²) >= 11 is 1.66. The number of aliphatic carboxylic acids is 2. The number of rotatable bonds is 7. The van der Waals surface area contributed by atoms with E-state index in [1.165, 1.54) is 0 Å².